The first-order valence-electron chi connectivity index (χ1n) is 5.61. The lowest BCUT2D eigenvalue weighted by molar-refractivity contribution is 0.559. The van der Waals surface area contributed by atoms with Crippen LogP contribution in [0.1, 0.15) is 0 Å². The lowest BCUT2D eigenvalue weighted by atomic mass is 10.2. The summed E-state index contributed by atoms with van der Waals surface area (Å²) in [5.41, 5.74) is 2.07. The molecule has 3 heterocycles. The van der Waals surface area contributed by atoms with Crippen LogP contribution in [-0.4, -0.2) is 9.97 Å². The molecule has 0 amide bonds. The Labute approximate surface area is 102 Å². The quantitative estimate of drug-likeness (QED) is 0.506. The molecule has 0 aliphatic carbocycles. The normalized spacial score (nSPS) is 11.3. The molecule has 0 atom stereocenters. The Morgan fingerprint density at radius 2 is 1.78 bits per heavy atom. The third-order valence-electron chi connectivity index (χ3n) is 2.80. The molecular formula is C14H8N2O2. The largest absolute Gasteiger partial charge is 0.451 e. The van der Waals surface area contributed by atoms with Crippen molar-refractivity contribution in [2.75, 3.05) is 0 Å². The Kier molecular flexibility index (Phi) is 1.80. The van der Waals surface area contributed by atoms with Crippen LogP contribution in [0.3, 0.4) is 0 Å². The summed E-state index contributed by atoms with van der Waals surface area (Å²) < 4.78 is 11.3. The number of hydrogen-bond acceptors (Lipinski definition) is 4. The van der Waals surface area contributed by atoms with Gasteiger partial charge in [0, 0.05) is 11.6 Å². The molecule has 0 aliphatic heterocycles. The summed E-state index contributed by atoms with van der Waals surface area (Å²) in [4.78, 5) is 8.44. The number of nitrogens with zero attached hydrogens (tertiary/aromatic N) is 2. The van der Waals surface area contributed by atoms with Crippen molar-refractivity contribution in [3.8, 4) is 11.7 Å². The minimum absolute atomic E-state index is 0.458. The SMILES string of the molecule is c1ccc2oc(-c3nc4ncccc4o3)cc2c1. The van der Waals surface area contributed by atoms with Crippen LogP contribution in [0.25, 0.3) is 33.9 Å². The van der Waals surface area contributed by atoms with Crippen LogP contribution in [0.2, 0.25) is 0 Å². The summed E-state index contributed by atoms with van der Waals surface area (Å²) in [6.07, 6.45) is 1.69. The van der Waals surface area contributed by atoms with Crippen molar-refractivity contribution in [3.05, 3.63) is 48.7 Å². The van der Waals surface area contributed by atoms with Gasteiger partial charge in [-0.15, -0.1) is 0 Å². The van der Waals surface area contributed by atoms with Crippen LogP contribution in [0.15, 0.2) is 57.5 Å². The fraction of sp³-hybridized carbons (Fsp3) is 0. The van der Waals surface area contributed by atoms with Gasteiger partial charge in [0.05, 0.1) is 0 Å². The van der Waals surface area contributed by atoms with Gasteiger partial charge in [0.25, 0.3) is 5.89 Å². The van der Waals surface area contributed by atoms with Crippen LogP contribution in [0.4, 0.5) is 0 Å². The van der Waals surface area contributed by atoms with Crippen molar-refractivity contribution in [2.24, 2.45) is 0 Å². The highest BCUT2D eigenvalue weighted by molar-refractivity contribution is 5.82. The highest BCUT2D eigenvalue weighted by atomic mass is 16.4. The number of pyridine rings is 1. The molecule has 18 heavy (non-hydrogen) atoms. The molecule has 0 spiro atoms. The fourth-order valence-electron chi connectivity index (χ4n) is 1.96. The van der Waals surface area contributed by atoms with Crippen LogP contribution < -0.4 is 0 Å². The molecule has 86 valence electrons. The van der Waals surface area contributed by atoms with Crippen molar-refractivity contribution >= 4 is 22.2 Å². The second-order valence-corrected chi connectivity index (χ2v) is 3.99. The molecule has 4 aromatic rings. The second kappa shape index (κ2) is 3.43. The maximum atomic E-state index is 5.70. The van der Waals surface area contributed by atoms with E-state index in [1.807, 2.05) is 42.5 Å². The van der Waals surface area contributed by atoms with Gasteiger partial charge in [-0.2, -0.15) is 4.98 Å². The molecule has 1 aromatic carbocycles. The van der Waals surface area contributed by atoms with Crippen molar-refractivity contribution < 1.29 is 8.83 Å². The highest BCUT2D eigenvalue weighted by Gasteiger charge is 2.13. The Balaban J connectivity index is 1.95. The Morgan fingerprint density at radius 3 is 2.67 bits per heavy atom. The van der Waals surface area contributed by atoms with E-state index in [1.165, 1.54) is 0 Å². The molecule has 4 heteroatoms. The molecule has 0 radical (unpaired) electrons. The van der Waals surface area contributed by atoms with Gasteiger partial charge < -0.3 is 8.83 Å². The molecule has 0 fully saturated rings. The fourth-order valence-corrected chi connectivity index (χ4v) is 1.96. The molecule has 4 nitrogen and oxygen atoms in total. The van der Waals surface area contributed by atoms with E-state index in [-0.39, 0.29) is 0 Å². The van der Waals surface area contributed by atoms with E-state index in [0.717, 1.165) is 11.0 Å². The lowest BCUT2D eigenvalue weighted by Gasteiger charge is -1.85. The van der Waals surface area contributed by atoms with Crippen molar-refractivity contribution in [2.45, 2.75) is 0 Å². The number of fused-ring (bicyclic) bond motifs is 2. The standard InChI is InChI=1S/C14H8N2O2/c1-2-5-10-9(4-1)8-12(17-10)14-16-13-11(18-14)6-3-7-15-13/h1-8H. The summed E-state index contributed by atoms with van der Waals surface area (Å²) in [5, 5.41) is 1.03. The zero-order valence-corrected chi connectivity index (χ0v) is 9.33. The van der Waals surface area contributed by atoms with Crippen LogP contribution in [0, 0.1) is 0 Å². The van der Waals surface area contributed by atoms with Gasteiger partial charge in [0.15, 0.2) is 17.0 Å². The number of benzene rings is 1. The van der Waals surface area contributed by atoms with E-state index in [0.29, 0.717) is 22.9 Å². The number of oxazole rings is 1. The summed E-state index contributed by atoms with van der Waals surface area (Å²) in [6, 6.07) is 13.4. The zero-order valence-electron chi connectivity index (χ0n) is 9.33. The zero-order chi connectivity index (χ0) is 11.9. The number of aromatic nitrogens is 2. The Bertz CT molecular complexity index is 707. The molecular weight excluding hydrogens is 228 g/mol. The van der Waals surface area contributed by atoms with Crippen LogP contribution in [0.5, 0.6) is 0 Å². The van der Waals surface area contributed by atoms with E-state index >= 15 is 0 Å². The van der Waals surface area contributed by atoms with E-state index in [9.17, 15) is 0 Å². The smallest absolute Gasteiger partial charge is 0.265 e. The van der Waals surface area contributed by atoms with Gasteiger partial charge in [-0.05, 0) is 24.3 Å². The average Bonchev–Trinajstić information content (AvgIpc) is 3.02. The molecule has 0 bridgehead atoms. The van der Waals surface area contributed by atoms with Gasteiger partial charge in [-0.25, -0.2) is 4.98 Å². The monoisotopic (exact) mass is 236 g/mol. The molecule has 0 aliphatic rings. The minimum Gasteiger partial charge on any atom is -0.451 e. The average molecular weight is 236 g/mol. The van der Waals surface area contributed by atoms with Crippen molar-refractivity contribution in [1.29, 1.82) is 0 Å². The molecule has 0 saturated carbocycles. The molecule has 0 unspecified atom stereocenters. The van der Waals surface area contributed by atoms with Gasteiger partial charge in [-0.1, -0.05) is 18.2 Å². The number of furan rings is 1. The maximum Gasteiger partial charge on any atom is 0.265 e. The lowest BCUT2D eigenvalue weighted by Crippen LogP contribution is -1.73. The third kappa shape index (κ3) is 1.32. The topological polar surface area (TPSA) is 52.1 Å². The summed E-state index contributed by atoms with van der Waals surface area (Å²) >= 11 is 0. The summed E-state index contributed by atoms with van der Waals surface area (Å²) in [7, 11) is 0. The van der Waals surface area contributed by atoms with E-state index in [4.69, 9.17) is 8.83 Å². The van der Waals surface area contributed by atoms with Gasteiger partial charge in [0.2, 0.25) is 0 Å². The first kappa shape index (κ1) is 9.41. The number of rotatable bonds is 1. The predicted octanol–water partition coefficient (Wildman–Crippen LogP) is 3.64. The summed E-state index contributed by atoms with van der Waals surface area (Å²) in [6.45, 7) is 0. The van der Waals surface area contributed by atoms with Gasteiger partial charge >= 0.3 is 0 Å². The molecule has 3 aromatic heterocycles. The van der Waals surface area contributed by atoms with Gasteiger partial charge in [0.1, 0.15) is 5.58 Å². The first-order valence-corrected chi connectivity index (χ1v) is 5.61. The van der Waals surface area contributed by atoms with E-state index in [2.05, 4.69) is 9.97 Å². The van der Waals surface area contributed by atoms with Crippen LogP contribution in [-0.2, 0) is 0 Å². The maximum absolute atomic E-state index is 5.70. The number of hydrogen-bond donors (Lipinski definition) is 0. The molecule has 4 rings (SSSR count). The van der Waals surface area contributed by atoms with E-state index < -0.39 is 0 Å². The third-order valence-corrected chi connectivity index (χ3v) is 2.80. The van der Waals surface area contributed by atoms with Gasteiger partial charge in [-0.3, -0.25) is 0 Å². The molecule has 0 saturated heterocycles. The second-order valence-electron chi connectivity index (χ2n) is 3.99. The minimum atomic E-state index is 0.458. The summed E-state index contributed by atoms with van der Waals surface area (Å²) in [5.74, 6) is 1.08. The highest BCUT2D eigenvalue weighted by Crippen LogP contribution is 2.28. The molecule has 0 N–H and O–H groups in total. The van der Waals surface area contributed by atoms with Crippen molar-refractivity contribution in [3.63, 3.8) is 0 Å². The Hall–Kier alpha value is -2.62. The Morgan fingerprint density at radius 1 is 0.889 bits per heavy atom. The first-order chi connectivity index (χ1) is 8.90. The van der Waals surface area contributed by atoms with E-state index in [1.54, 1.807) is 6.20 Å². The van der Waals surface area contributed by atoms with Crippen molar-refractivity contribution in [1.82, 2.24) is 9.97 Å². The van der Waals surface area contributed by atoms with Crippen LogP contribution >= 0.6 is 0 Å². The number of para-hydroxylation sites is 1. The predicted molar refractivity (Wildman–Crippen MR) is 67.0 cm³/mol.